The van der Waals surface area contributed by atoms with Crippen molar-refractivity contribution in [1.82, 2.24) is 0 Å². The van der Waals surface area contributed by atoms with E-state index in [0.29, 0.717) is 10.4 Å². The Morgan fingerprint density at radius 1 is 1.13 bits per heavy atom. The van der Waals surface area contributed by atoms with E-state index in [0.717, 1.165) is 18.2 Å². The van der Waals surface area contributed by atoms with Crippen molar-refractivity contribution in [1.29, 1.82) is 0 Å². The second-order valence-electron chi connectivity index (χ2n) is 6.59. The minimum absolute atomic E-state index is 0.0389. The normalized spacial score (nSPS) is 18.5. The molecule has 1 aliphatic rings. The fourth-order valence-electron chi connectivity index (χ4n) is 2.89. The van der Waals surface area contributed by atoms with E-state index in [9.17, 15) is 31.2 Å². The van der Waals surface area contributed by atoms with Crippen LogP contribution < -0.4 is 9.62 Å². The van der Waals surface area contributed by atoms with Gasteiger partial charge in [-0.1, -0.05) is 30.1 Å². The van der Waals surface area contributed by atoms with Crippen molar-refractivity contribution in [3.05, 3.63) is 57.6 Å². The van der Waals surface area contributed by atoms with Gasteiger partial charge in [0.1, 0.15) is 0 Å². The molecule has 0 spiro atoms. The Balaban J connectivity index is 1.90. The molecular weight excluding hydrogens is 468 g/mol. The van der Waals surface area contributed by atoms with Crippen LogP contribution in [0.5, 0.6) is 0 Å². The van der Waals surface area contributed by atoms with Crippen LogP contribution in [0.25, 0.3) is 0 Å². The molecule has 1 unspecified atom stereocenters. The number of benzene rings is 2. The van der Waals surface area contributed by atoms with Gasteiger partial charge in [-0.2, -0.15) is 13.2 Å². The average Bonchev–Trinajstić information content (AvgIpc) is 2.82. The molecule has 6 nitrogen and oxygen atoms in total. The molecule has 1 heterocycles. The first-order valence-corrected chi connectivity index (χ1v) is 10.7. The maximum absolute atomic E-state index is 12.9. The van der Waals surface area contributed by atoms with Crippen molar-refractivity contribution in [2.24, 2.45) is 5.92 Å². The monoisotopic (exact) mass is 480 g/mol. The van der Waals surface area contributed by atoms with Gasteiger partial charge < -0.3 is 5.32 Å². The quantitative estimate of drug-likeness (QED) is 0.696. The summed E-state index contributed by atoms with van der Waals surface area (Å²) in [5.74, 6) is -2.56. The first-order chi connectivity index (χ1) is 13.8. The Kier molecular flexibility index (Phi) is 5.78. The van der Waals surface area contributed by atoms with Gasteiger partial charge in [0.25, 0.3) is 5.91 Å². The number of amides is 2. The first-order valence-electron chi connectivity index (χ1n) is 8.36. The zero-order chi connectivity index (χ0) is 22.4. The lowest BCUT2D eigenvalue weighted by Gasteiger charge is -2.17. The molecule has 160 valence electrons. The lowest BCUT2D eigenvalue weighted by molar-refractivity contribution is -0.137. The summed E-state index contributed by atoms with van der Waals surface area (Å²) in [4.78, 5) is 24.7. The summed E-state index contributed by atoms with van der Waals surface area (Å²) in [6.45, 7) is 1.47. The van der Waals surface area contributed by atoms with Gasteiger partial charge in [0.05, 0.1) is 44.2 Å². The number of hydrogen-bond donors (Lipinski definition) is 1. The van der Waals surface area contributed by atoms with Crippen LogP contribution in [0.1, 0.15) is 22.8 Å². The van der Waals surface area contributed by atoms with Crippen LogP contribution in [-0.2, 0) is 21.0 Å². The second-order valence-corrected chi connectivity index (χ2v) is 9.27. The van der Waals surface area contributed by atoms with Crippen LogP contribution in [0.3, 0.4) is 0 Å². The van der Waals surface area contributed by atoms with E-state index in [-0.39, 0.29) is 32.7 Å². The fourth-order valence-corrected chi connectivity index (χ4v) is 5.13. The van der Waals surface area contributed by atoms with E-state index in [4.69, 9.17) is 23.2 Å². The molecule has 3 rings (SSSR count). The van der Waals surface area contributed by atoms with Crippen molar-refractivity contribution >= 4 is 56.4 Å². The summed E-state index contributed by atoms with van der Waals surface area (Å²) in [5.41, 5.74) is -1.47. The Morgan fingerprint density at radius 3 is 2.33 bits per heavy atom. The van der Waals surface area contributed by atoms with Gasteiger partial charge in [0, 0.05) is 0 Å². The smallest absolute Gasteiger partial charge is 0.321 e. The zero-order valence-corrected chi connectivity index (χ0v) is 17.5. The van der Waals surface area contributed by atoms with Gasteiger partial charge in [0.2, 0.25) is 15.9 Å². The van der Waals surface area contributed by atoms with Crippen LogP contribution >= 0.6 is 23.2 Å². The Bertz CT molecular complexity index is 1150. The number of sulfonamides is 1. The highest BCUT2D eigenvalue weighted by molar-refractivity contribution is 7.94. The van der Waals surface area contributed by atoms with Crippen molar-refractivity contribution in [3.63, 3.8) is 0 Å². The summed E-state index contributed by atoms with van der Waals surface area (Å²) in [5, 5.41) is 1.93. The number of halogens is 5. The Labute approximate surface area is 179 Å². The maximum atomic E-state index is 12.9. The minimum atomic E-state index is -4.63. The molecule has 0 radical (unpaired) electrons. The van der Waals surface area contributed by atoms with Crippen LogP contribution in [0.2, 0.25) is 10.0 Å². The third kappa shape index (κ3) is 4.26. The lowest BCUT2D eigenvalue weighted by Crippen LogP contribution is -2.30. The van der Waals surface area contributed by atoms with Crippen molar-refractivity contribution in [2.45, 2.75) is 13.1 Å². The summed E-state index contributed by atoms with van der Waals surface area (Å²) < 4.78 is 63.6. The van der Waals surface area contributed by atoms with Crippen molar-refractivity contribution in [2.75, 3.05) is 15.4 Å². The standard InChI is InChI=1S/C18H13Cl2F3N2O4S/c1-9-8-30(28,29)25(17(9)27)11-3-4-12(14(20)7-11)16(26)24-15-6-10(18(21,22)23)2-5-13(15)19/h2-7,9H,8H2,1H3,(H,24,26). The number of carbonyl (C=O) groups is 2. The Morgan fingerprint density at radius 2 is 1.80 bits per heavy atom. The molecule has 0 bridgehead atoms. The van der Waals surface area contributed by atoms with Gasteiger partial charge in [-0.15, -0.1) is 0 Å². The molecule has 1 saturated heterocycles. The molecular formula is C18H13Cl2F3N2O4S. The van der Waals surface area contributed by atoms with Gasteiger partial charge in [0.15, 0.2) is 0 Å². The molecule has 1 N–H and O–H groups in total. The lowest BCUT2D eigenvalue weighted by atomic mass is 10.1. The first kappa shape index (κ1) is 22.4. The number of anilines is 2. The van der Waals surface area contributed by atoms with E-state index >= 15 is 0 Å². The number of carbonyl (C=O) groups excluding carboxylic acids is 2. The molecule has 1 fully saturated rings. The SMILES string of the molecule is CC1CS(=O)(=O)N(c2ccc(C(=O)Nc3cc(C(F)(F)F)ccc3Cl)c(Cl)c2)C1=O. The second kappa shape index (κ2) is 7.75. The molecule has 0 aliphatic carbocycles. The molecule has 1 aliphatic heterocycles. The molecule has 2 aromatic carbocycles. The summed E-state index contributed by atoms with van der Waals surface area (Å²) in [7, 11) is -3.86. The van der Waals surface area contributed by atoms with Crippen molar-refractivity contribution < 1.29 is 31.2 Å². The zero-order valence-electron chi connectivity index (χ0n) is 15.1. The molecule has 2 aromatic rings. The highest BCUT2D eigenvalue weighted by Gasteiger charge is 2.42. The number of rotatable bonds is 3. The van der Waals surface area contributed by atoms with Crippen LogP contribution in [0, 0.1) is 5.92 Å². The predicted molar refractivity (Wildman–Crippen MR) is 106 cm³/mol. The van der Waals surface area contributed by atoms with E-state index in [1.165, 1.54) is 19.1 Å². The molecule has 0 saturated carbocycles. The predicted octanol–water partition coefficient (Wildman–Crippen LogP) is 4.58. The summed E-state index contributed by atoms with van der Waals surface area (Å²) in [6.07, 6.45) is -4.63. The molecule has 0 aromatic heterocycles. The van der Waals surface area contributed by atoms with Gasteiger partial charge in [-0.05, 0) is 36.4 Å². The number of alkyl halides is 3. The molecule has 2 amide bonds. The largest absolute Gasteiger partial charge is 0.416 e. The number of hydrogen-bond acceptors (Lipinski definition) is 4. The topological polar surface area (TPSA) is 83.6 Å². The van der Waals surface area contributed by atoms with E-state index in [2.05, 4.69) is 5.32 Å². The third-order valence-electron chi connectivity index (χ3n) is 4.33. The fraction of sp³-hybridized carbons (Fsp3) is 0.222. The van der Waals surface area contributed by atoms with E-state index in [1.54, 1.807) is 0 Å². The van der Waals surface area contributed by atoms with Crippen molar-refractivity contribution in [3.8, 4) is 0 Å². The molecule has 30 heavy (non-hydrogen) atoms. The summed E-state index contributed by atoms with van der Waals surface area (Å²) >= 11 is 11.9. The van der Waals surface area contributed by atoms with E-state index in [1.807, 2.05) is 0 Å². The average molecular weight is 481 g/mol. The Hall–Kier alpha value is -2.30. The maximum Gasteiger partial charge on any atom is 0.416 e. The van der Waals surface area contributed by atoms with E-state index < -0.39 is 39.5 Å². The third-order valence-corrected chi connectivity index (χ3v) is 6.84. The van der Waals surface area contributed by atoms with Gasteiger partial charge in [-0.25, -0.2) is 12.7 Å². The summed E-state index contributed by atoms with van der Waals surface area (Å²) in [6, 6.07) is 5.95. The van der Waals surface area contributed by atoms with Gasteiger partial charge in [-0.3, -0.25) is 9.59 Å². The minimum Gasteiger partial charge on any atom is -0.321 e. The molecule has 12 heteroatoms. The number of nitrogens with one attached hydrogen (secondary N) is 1. The molecule has 1 atom stereocenters. The highest BCUT2D eigenvalue weighted by atomic mass is 35.5. The highest BCUT2D eigenvalue weighted by Crippen LogP contribution is 2.35. The number of nitrogens with zero attached hydrogens (tertiary/aromatic N) is 1. The van der Waals surface area contributed by atoms with Crippen LogP contribution in [0.4, 0.5) is 24.5 Å². The van der Waals surface area contributed by atoms with Gasteiger partial charge >= 0.3 is 6.18 Å². The van der Waals surface area contributed by atoms with Crippen LogP contribution in [-0.4, -0.2) is 26.0 Å². The van der Waals surface area contributed by atoms with Crippen LogP contribution in [0.15, 0.2) is 36.4 Å².